The third-order valence-electron chi connectivity index (χ3n) is 4.37. The van der Waals surface area contributed by atoms with Crippen LogP contribution < -0.4 is 15.0 Å². The number of imide groups is 1. The summed E-state index contributed by atoms with van der Waals surface area (Å²) in [4.78, 5) is 26.2. The Morgan fingerprint density at radius 1 is 1.21 bits per heavy atom. The number of rotatable bonds is 6. The van der Waals surface area contributed by atoms with Crippen LogP contribution in [0.25, 0.3) is 0 Å². The van der Waals surface area contributed by atoms with Gasteiger partial charge >= 0.3 is 0 Å². The van der Waals surface area contributed by atoms with Crippen molar-refractivity contribution in [3.8, 4) is 5.75 Å². The summed E-state index contributed by atoms with van der Waals surface area (Å²) in [5.74, 6) is 0.414. The fourth-order valence-electron chi connectivity index (χ4n) is 3.09. The minimum atomic E-state index is -0.434. The van der Waals surface area contributed by atoms with Gasteiger partial charge in [-0.25, -0.2) is 4.90 Å². The Labute approximate surface area is 142 Å². The topological polar surface area (TPSA) is 67.9 Å². The molecule has 6 nitrogen and oxygen atoms in total. The number of hydrogen-bond donors (Lipinski definition) is 1. The molecule has 24 heavy (non-hydrogen) atoms. The molecule has 0 radical (unpaired) electrons. The van der Waals surface area contributed by atoms with Crippen LogP contribution >= 0.6 is 0 Å². The van der Waals surface area contributed by atoms with Crippen LogP contribution in [0.4, 0.5) is 5.69 Å². The number of carbonyl (C=O) groups excluding carboxylic acids is 2. The minimum Gasteiger partial charge on any atom is -0.494 e. The van der Waals surface area contributed by atoms with Gasteiger partial charge in [0.1, 0.15) is 5.75 Å². The lowest BCUT2D eigenvalue weighted by Crippen LogP contribution is -2.45. The van der Waals surface area contributed by atoms with Crippen molar-refractivity contribution in [3.63, 3.8) is 0 Å². The normalized spacial score (nSPS) is 22.2. The van der Waals surface area contributed by atoms with E-state index in [2.05, 4.69) is 5.32 Å². The van der Waals surface area contributed by atoms with E-state index in [1.54, 1.807) is 24.3 Å². The molecule has 1 unspecified atom stereocenters. The summed E-state index contributed by atoms with van der Waals surface area (Å²) in [5, 5.41) is 3.32. The first-order valence-electron chi connectivity index (χ1n) is 8.62. The van der Waals surface area contributed by atoms with E-state index in [-0.39, 0.29) is 24.3 Å². The molecule has 1 aromatic rings. The third kappa shape index (κ3) is 3.76. The van der Waals surface area contributed by atoms with E-state index in [1.807, 2.05) is 6.92 Å². The average Bonchev–Trinajstić information content (AvgIpc) is 2.88. The highest BCUT2D eigenvalue weighted by atomic mass is 16.5. The zero-order valence-electron chi connectivity index (χ0n) is 14.0. The van der Waals surface area contributed by atoms with E-state index >= 15 is 0 Å². The highest BCUT2D eigenvalue weighted by molar-refractivity contribution is 6.22. The van der Waals surface area contributed by atoms with Gasteiger partial charge in [-0.2, -0.15) is 0 Å². The van der Waals surface area contributed by atoms with Crippen LogP contribution in [0.1, 0.15) is 32.6 Å². The van der Waals surface area contributed by atoms with Gasteiger partial charge in [0.25, 0.3) is 5.91 Å². The predicted octanol–water partition coefficient (Wildman–Crippen LogP) is 1.88. The standard InChI is InChI=1S/C18H24N2O4/c1-2-9-24-15-5-3-14(4-6-15)20-17(21)12-16(18(20)22)19-13-7-10-23-11-8-13/h3-6,13,16,19H,2,7-12H2,1H3. The van der Waals surface area contributed by atoms with Gasteiger partial charge in [-0.15, -0.1) is 0 Å². The van der Waals surface area contributed by atoms with Crippen molar-refractivity contribution in [1.29, 1.82) is 0 Å². The number of carbonyl (C=O) groups is 2. The second-order valence-electron chi connectivity index (χ2n) is 6.22. The Bertz CT molecular complexity index is 581. The molecule has 1 aromatic carbocycles. The summed E-state index contributed by atoms with van der Waals surface area (Å²) >= 11 is 0. The lowest BCUT2D eigenvalue weighted by Gasteiger charge is -2.25. The summed E-state index contributed by atoms with van der Waals surface area (Å²) in [5.41, 5.74) is 0.602. The largest absolute Gasteiger partial charge is 0.494 e. The van der Waals surface area contributed by atoms with Crippen LogP contribution in [0.3, 0.4) is 0 Å². The van der Waals surface area contributed by atoms with Crippen molar-refractivity contribution in [1.82, 2.24) is 5.32 Å². The van der Waals surface area contributed by atoms with Gasteiger partial charge in [0.05, 0.1) is 24.8 Å². The maximum atomic E-state index is 12.6. The second-order valence-corrected chi connectivity index (χ2v) is 6.22. The highest BCUT2D eigenvalue weighted by Crippen LogP contribution is 2.26. The van der Waals surface area contributed by atoms with Gasteiger partial charge in [-0.1, -0.05) is 6.92 Å². The number of benzene rings is 1. The lowest BCUT2D eigenvalue weighted by molar-refractivity contribution is -0.121. The third-order valence-corrected chi connectivity index (χ3v) is 4.37. The number of nitrogens with one attached hydrogen (secondary N) is 1. The molecule has 130 valence electrons. The number of amides is 2. The average molecular weight is 332 g/mol. The smallest absolute Gasteiger partial charge is 0.251 e. The Kier molecular flexibility index (Phi) is 5.48. The van der Waals surface area contributed by atoms with E-state index in [4.69, 9.17) is 9.47 Å². The molecule has 6 heteroatoms. The van der Waals surface area contributed by atoms with Crippen LogP contribution in [-0.4, -0.2) is 43.7 Å². The van der Waals surface area contributed by atoms with Gasteiger partial charge in [-0.05, 0) is 43.5 Å². The molecule has 0 aromatic heterocycles. The monoisotopic (exact) mass is 332 g/mol. The molecule has 1 atom stereocenters. The van der Waals surface area contributed by atoms with Crippen LogP contribution in [0, 0.1) is 0 Å². The van der Waals surface area contributed by atoms with Gasteiger partial charge in [0, 0.05) is 19.3 Å². The molecular weight excluding hydrogens is 308 g/mol. The van der Waals surface area contributed by atoms with Crippen LogP contribution in [0.15, 0.2) is 24.3 Å². The van der Waals surface area contributed by atoms with Crippen LogP contribution in [0.2, 0.25) is 0 Å². The summed E-state index contributed by atoms with van der Waals surface area (Å²) < 4.78 is 10.9. The molecule has 2 heterocycles. The minimum absolute atomic E-state index is 0.160. The molecule has 2 aliphatic rings. The van der Waals surface area contributed by atoms with E-state index < -0.39 is 6.04 Å². The summed E-state index contributed by atoms with van der Waals surface area (Å²) in [6, 6.07) is 6.92. The van der Waals surface area contributed by atoms with Gasteiger partial charge in [0.15, 0.2) is 0 Å². The van der Waals surface area contributed by atoms with Crippen molar-refractivity contribution in [2.45, 2.75) is 44.7 Å². The number of nitrogens with zero attached hydrogens (tertiary/aromatic N) is 1. The van der Waals surface area contributed by atoms with Gasteiger partial charge in [-0.3, -0.25) is 9.59 Å². The Morgan fingerprint density at radius 3 is 2.58 bits per heavy atom. The number of ether oxygens (including phenoxy) is 2. The first-order chi connectivity index (χ1) is 11.7. The molecule has 0 aliphatic carbocycles. The zero-order chi connectivity index (χ0) is 16.9. The fraction of sp³-hybridized carbons (Fsp3) is 0.556. The maximum Gasteiger partial charge on any atom is 0.251 e. The second kappa shape index (κ2) is 7.77. The molecule has 2 fully saturated rings. The summed E-state index contributed by atoms with van der Waals surface area (Å²) in [7, 11) is 0. The van der Waals surface area contributed by atoms with Crippen molar-refractivity contribution < 1.29 is 19.1 Å². The molecular formula is C18H24N2O4. The Morgan fingerprint density at radius 2 is 1.92 bits per heavy atom. The first kappa shape index (κ1) is 16.9. The van der Waals surface area contributed by atoms with E-state index in [0.717, 1.165) is 25.0 Å². The number of hydrogen-bond acceptors (Lipinski definition) is 5. The fourth-order valence-corrected chi connectivity index (χ4v) is 3.09. The Hall–Kier alpha value is -1.92. The zero-order valence-corrected chi connectivity index (χ0v) is 14.0. The summed E-state index contributed by atoms with van der Waals surface area (Å²) in [6.07, 6.45) is 2.90. The SMILES string of the molecule is CCCOc1ccc(N2C(=O)CC(NC3CCOCC3)C2=O)cc1. The van der Waals surface area contributed by atoms with Crippen LogP contribution in [-0.2, 0) is 14.3 Å². The van der Waals surface area contributed by atoms with Gasteiger partial charge < -0.3 is 14.8 Å². The predicted molar refractivity (Wildman–Crippen MR) is 90.1 cm³/mol. The van der Waals surface area contributed by atoms with Crippen molar-refractivity contribution in [3.05, 3.63) is 24.3 Å². The molecule has 2 aliphatic heterocycles. The van der Waals surface area contributed by atoms with Crippen molar-refractivity contribution in [2.75, 3.05) is 24.7 Å². The molecule has 0 spiro atoms. The first-order valence-corrected chi connectivity index (χ1v) is 8.62. The maximum absolute atomic E-state index is 12.6. The molecule has 2 saturated heterocycles. The molecule has 2 amide bonds. The molecule has 0 saturated carbocycles. The molecule has 3 rings (SSSR count). The van der Waals surface area contributed by atoms with Gasteiger partial charge in [0.2, 0.25) is 5.91 Å². The van der Waals surface area contributed by atoms with E-state index in [9.17, 15) is 9.59 Å². The van der Waals surface area contributed by atoms with E-state index in [0.29, 0.717) is 25.5 Å². The van der Waals surface area contributed by atoms with Crippen molar-refractivity contribution >= 4 is 17.5 Å². The Balaban J connectivity index is 1.65. The molecule has 1 N–H and O–H groups in total. The van der Waals surface area contributed by atoms with Crippen LogP contribution in [0.5, 0.6) is 5.75 Å². The molecule has 0 bridgehead atoms. The van der Waals surface area contributed by atoms with Crippen molar-refractivity contribution in [2.24, 2.45) is 0 Å². The lowest BCUT2D eigenvalue weighted by atomic mass is 10.1. The highest BCUT2D eigenvalue weighted by Gasteiger charge is 2.40. The quantitative estimate of drug-likeness (QED) is 0.806. The number of anilines is 1. The summed E-state index contributed by atoms with van der Waals surface area (Å²) in [6.45, 7) is 4.10. The van der Waals surface area contributed by atoms with E-state index in [1.165, 1.54) is 4.90 Å².